The summed E-state index contributed by atoms with van der Waals surface area (Å²) in [6, 6.07) is 4.97. The third-order valence-corrected chi connectivity index (χ3v) is 4.36. The lowest BCUT2D eigenvalue weighted by Crippen LogP contribution is -2.26. The molecule has 96 valence electrons. The highest BCUT2D eigenvalue weighted by Gasteiger charge is 2.11. The smallest absolute Gasteiger partial charge is 0.137 e. The zero-order valence-corrected chi connectivity index (χ0v) is 12.4. The fourth-order valence-electron chi connectivity index (χ4n) is 1.83. The largest absolute Gasteiger partial charge is 0.327 e. The molecule has 0 saturated carbocycles. The Bertz CT molecular complexity index is 542. The second-order valence-corrected chi connectivity index (χ2v) is 6.09. The highest BCUT2D eigenvalue weighted by atomic mass is 79.9. The van der Waals surface area contributed by atoms with Crippen LogP contribution in [0.2, 0.25) is 0 Å². The molecular formula is C13H14BrFN2S. The van der Waals surface area contributed by atoms with Gasteiger partial charge in [-0.2, -0.15) is 0 Å². The summed E-state index contributed by atoms with van der Waals surface area (Å²) in [6.07, 6.45) is 1.35. The molecule has 0 aliphatic heterocycles. The Labute approximate surface area is 118 Å². The molecule has 18 heavy (non-hydrogen) atoms. The number of benzene rings is 1. The van der Waals surface area contributed by atoms with Crippen molar-refractivity contribution in [3.8, 4) is 0 Å². The summed E-state index contributed by atoms with van der Waals surface area (Å²) < 4.78 is 13.9. The van der Waals surface area contributed by atoms with E-state index < -0.39 is 0 Å². The highest BCUT2D eigenvalue weighted by molar-refractivity contribution is 9.10. The number of thiazole rings is 1. The minimum atomic E-state index is -0.246. The van der Waals surface area contributed by atoms with Gasteiger partial charge in [-0.15, -0.1) is 11.3 Å². The first-order valence-electron chi connectivity index (χ1n) is 5.65. The molecule has 1 aromatic heterocycles. The molecule has 2 nitrogen and oxygen atoms in total. The molecule has 0 radical (unpaired) electrons. The van der Waals surface area contributed by atoms with Crippen LogP contribution in [0.1, 0.15) is 16.3 Å². The second-order valence-electron chi connectivity index (χ2n) is 4.24. The predicted octanol–water partition coefficient (Wildman–Crippen LogP) is 3.47. The fraction of sp³-hybridized carbons (Fsp3) is 0.308. The minimum absolute atomic E-state index is 0.0513. The quantitative estimate of drug-likeness (QED) is 0.933. The average molecular weight is 329 g/mol. The molecule has 0 amide bonds. The second kappa shape index (κ2) is 5.91. The molecule has 1 unspecified atom stereocenters. The number of hydrogen-bond donors (Lipinski definition) is 1. The topological polar surface area (TPSA) is 38.9 Å². The van der Waals surface area contributed by atoms with E-state index in [1.165, 1.54) is 6.07 Å². The number of nitrogens with two attached hydrogens (primary N) is 1. The van der Waals surface area contributed by atoms with E-state index in [4.69, 9.17) is 5.73 Å². The third-order valence-electron chi connectivity index (χ3n) is 2.65. The van der Waals surface area contributed by atoms with E-state index in [9.17, 15) is 4.39 Å². The van der Waals surface area contributed by atoms with Gasteiger partial charge in [0.15, 0.2) is 0 Å². The van der Waals surface area contributed by atoms with Crippen LogP contribution >= 0.6 is 27.3 Å². The van der Waals surface area contributed by atoms with Crippen molar-refractivity contribution in [3.05, 3.63) is 50.1 Å². The lowest BCUT2D eigenvalue weighted by atomic mass is 10.0. The summed E-state index contributed by atoms with van der Waals surface area (Å²) in [6.45, 7) is 1.98. The lowest BCUT2D eigenvalue weighted by molar-refractivity contribution is 0.609. The first-order valence-corrected chi connectivity index (χ1v) is 7.33. The number of aryl methyl sites for hydroxylation is 1. The van der Waals surface area contributed by atoms with Crippen molar-refractivity contribution in [2.45, 2.75) is 25.8 Å². The molecule has 1 atom stereocenters. The maximum atomic E-state index is 13.4. The zero-order chi connectivity index (χ0) is 13.1. The van der Waals surface area contributed by atoms with E-state index in [-0.39, 0.29) is 11.9 Å². The summed E-state index contributed by atoms with van der Waals surface area (Å²) in [7, 11) is 0. The van der Waals surface area contributed by atoms with Gasteiger partial charge >= 0.3 is 0 Å². The van der Waals surface area contributed by atoms with Crippen molar-refractivity contribution in [2.75, 3.05) is 0 Å². The summed E-state index contributed by atoms with van der Waals surface area (Å²) in [5.41, 5.74) is 8.00. The van der Waals surface area contributed by atoms with Gasteiger partial charge in [-0.05, 0) is 40.9 Å². The Balaban J connectivity index is 2.03. The number of halogens is 2. The van der Waals surface area contributed by atoms with Gasteiger partial charge in [-0.3, -0.25) is 0 Å². The zero-order valence-electron chi connectivity index (χ0n) is 9.99. The van der Waals surface area contributed by atoms with Crippen molar-refractivity contribution >= 4 is 27.3 Å². The van der Waals surface area contributed by atoms with Gasteiger partial charge in [0.25, 0.3) is 0 Å². The maximum absolute atomic E-state index is 13.4. The highest BCUT2D eigenvalue weighted by Crippen LogP contribution is 2.22. The fourth-order valence-corrected chi connectivity index (χ4v) is 2.88. The van der Waals surface area contributed by atoms with Crippen LogP contribution in [0, 0.1) is 12.7 Å². The van der Waals surface area contributed by atoms with Crippen LogP contribution in [0.4, 0.5) is 4.39 Å². The summed E-state index contributed by atoms with van der Waals surface area (Å²) in [5.74, 6) is -0.246. The molecule has 2 rings (SSSR count). The van der Waals surface area contributed by atoms with Crippen molar-refractivity contribution in [3.63, 3.8) is 0 Å². The van der Waals surface area contributed by atoms with Crippen molar-refractivity contribution < 1.29 is 4.39 Å². The molecule has 0 spiro atoms. The van der Waals surface area contributed by atoms with E-state index in [0.29, 0.717) is 17.3 Å². The molecule has 0 fully saturated rings. The van der Waals surface area contributed by atoms with Crippen molar-refractivity contribution in [1.82, 2.24) is 4.98 Å². The maximum Gasteiger partial charge on any atom is 0.137 e. The minimum Gasteiger partial charge on any atom is -0.327 e. The standard InChI is InChI=1S/C13H14BrFN2S/c1-8-17-11(7-18-8)6-10(16)5-9-3-2-4-12(15)13(9)14/h2-4,7,10H,5-6,16H2,1H3. The van der Waals surface area contributed by atoms with E-state index in [0.717, 1.165) is 16.3 Å². The molecule has 2 aromatic rings. The van der Waals surface area contributed by atoms with Gasteiger partial charge in [-0.25, -0.2) is 9.37 Å². The van der Waals surface area contributed by atoms with Gasteiger partial charge < -0.3 is 5.73 Å². The van der Waals surface area contributed by atoms with Crippen LogP contribution in [-0.2, 0) is 12.8 Å². The van der Waals surface area contributed by atoms with Gasteiger partial charge in [-0.1, -0.05) is 12.1 Å². The lowest BCUT2D eigenvalue weighted by Gasteiger charge is -2.11. The summed E-state index contributed by atoms with van der Waals surface area (Å²) >= 11 is 4.88. The van der Waals surface area contributed by atoms with Crippen LogP contribution in [0.5, 0.6) is 0 Å². The number of rotatable bonds is 4. The molecule has 0 aliphatic carbocycles. The van der Waals surface area contributed by atoms with E-state index in [1.807, 2.05) is 18.4 Å². The molecular weight excluding hydrogens is 315 g/mol. The Morgan fingerprint density at radius 3 is 2.89 bits per heavy atom. The number of hydrogen-bond acceptors (Lipinski definition) is 3. The molecule has 2 N–H and O–H groups in total. The number of aromatic nitrogens is 1. The van der Waals surface area contributed by atoms with Crippen LogP contribution in [0.25, 0.3) is 0 Å². The Morgan fingerprint density at radius 1 is 1.44 bits per heavy atom. The van der Waals surface area contributed by atoms with Crippen molar-refractivity contribution in [1.29, 1.82) is 0 Å². The van der Waals surface area contributed by atoms with E-state index >= 15 is 0 Å². The third kappa shape index (κ3) is 3.37. The van der Waals surface area contributed by atoms with Crippen LogP contribution in [0.15, 0.2) is 28.1 Å². The average Bonchev–Trinajstić information content (AvgIpc) is 2.70. The Hall–Kier alpha value is -0.780. The van der Waals surface area contributed by atoms with Gasteiger partial charge in [0.1, 0.15) is 5.82 Å². The summed E-state index contributed by atoms with van der Waals surface area (Å²) in [4.78, 5) is 4.38. The van der Waals surface area contributed by atoms with Crippen LogP contribution in [-0.4, -0.2) is 11.0 Å². The predicted molar refractivity (Wildman–Crippen MR) is 76.3 cm³/mol. The monoisotopic (exact) mass is 328 g/mol. The SMILES string of the molecule is Cc1nc(CC(N)Cc2cccc(F)c2Br)cs1. The molecule has 0 saturated heterocycles. The summed E-state index contributed by atoms with van der Waals surface area (Å²) in [5, 5.41) is 3.07. The van der Waals surface area contributed by atoms with Gasteiger partial charge in [0.05, 0.1) is 15.2 Å². The van der Waals surface area contributed by atoms with E-state index in [2.05, 4.69) is 20.9 Å². The van der Waals surface area contributed by atoms with Crippen LogP contribution < -0.4 is 5.73 Å². The molecule has 0 bridgehead atoms. The Kier molecular flexibility index (Phi) is 4.48. The molecule has 5 heteroatoms. The van der Waals surface area contributed by atoms with Crippen LogP contribution in [0.3, 0.4) is 0 Å². The molecule has 0 aliphatic rings. The number of nitrogens with zero attached hydrogens (tertiary/aromatic N) is 1. The van der Waals surface area contributed by atoms with E-state index in [1.54, 1.807) is 17.4 Å². The first-order chi connectivity index (χ1) is 8.56. The van der Waals surface area contributed by atoms with Crippen molar-refractivity contribution in [2.24, 2.45) is 5.73 Å². The Morgan fingerprint density at radius 2 is 2.22 bits per heavy atom. The van der Waals surface area contributed by atoms with Gasteiger partial charge in [0, 0.05) is 17.8 Å². The normalized spacial score (nSPS) is 12.7. The molecule has 1 heterocycles. The van der Waals surface area contributed by atoms with Gasteiger partial charge in [0.2, 0.25) is 0 Å². The first kappa shape index (κ1) is 13.6. The molecule has 1 aromatic carbocycles.